The molecule has 0 amide bonds. The van der Waals surface area contributed by atoms with Crippen molar-refractivity contribution in [2.45, 2.75) is 76.0 Å². The number of nitrogens with zero attached hydrogens (tertiary/aromatic N) is 5. The summed E-state index contributed by atoms with van der Waals surface area (Å²) in [6, 6.07) is 33.5. The van der Waals surface area contributed by atoms with Gasteiger partial charge in [0.1, 0.15) is 35.3 Å². The van der Waals surface area contributed by atoms with E-state index in [4.69, 9.17) is 33.3 Å². The topological polar surface area (TPSA) is 146 Å². The Morgan fingerprint density at radius 1 is 0.885 bits per heavy atom. The second-order valence-corrected chi connectivity index (χ2v) is 21.9. The van der Waals surface area contributed by atoms with E-state index in [-0.39, 0.29) is 35.2 Å². The Kier molecular flexibility index (Phi) is 12.6. The van der Waals surface area contributed by atoms with E-state index in [0.29, 0.717) is 23.9 Å². The highest BCUT2D eigenvalue weighted by molar-refractivity contribution is 6.74. The Labute approximate surface area is 358 Å². The van der Waals surface area contributed by atoms with Gasteiger partial charge < -0.3 is 33.4 Å². The van der Waals surface area contributed by atoms with E-state index in [1.807, 2.05) is 117 Å². The lowest BCUT2D eigenvalue weighted by Gasteiger charge is -2.37. The summed E-state index contributed by atoms with van der Waals surface area (Å²) in [5, 5.41) is 11.9. The van der Waals surface area contributed by atoms with Gasteiger partial charge in [0.2, 0.25) is 5.95 Å². The molecule has 2 aromatic heterocycles. The molecular formula is C47H56N6O7Si. The van der Waals surface area contributed by atoms with Gasteiger partial charge in [0.15, 0.2) is 19.5 Å². The Hall–Kier alpha value is -5.64. The van der Waals surface area contributed by atoms with Gasteiger partial charge in [-0.25, -0.2) is 9.98 Å². The number of hydrogen-bond donors (Lipinski definition) is 2. The minimum atomic E-state index is -1.98. The molecule has 14 heteroatoms. The van der Waals surface area contributed by atoms with Gasteiger partial charge in [0, 0.05) is 26.1 Å². The summed E-state index contributed by atoms with van der Waals surface area (Å²) in [4.78, 5) is 32.1. The van der Waals surface area contributed by atoms with Gasteiger partial charge >= 0.3 is 0 Å². The molecule has 1 aliphatic rings. The predicted octanol–water partition coefficient (Wildman–Crippen LogP) is 8.20. The monoisotopic (exact) mass is 844 g/mol. The van der Waals surface area contributed by atoms with Crippen LogP contribution in [0.15, 0.2) is 113 Å². The maximum absolute atomic E-state index is 13.6. The normalized spacial score (nSPS) is 17.3. The van der Waals surface area contributed by atoms with E-state index in [2.05, 4.69) is 43.8 Å². The van der Waals surface area contributed by atoms with Crippen LogP contribution in [0.2, 0.25) is 18.1 Å². The molecule has 3 atom stereocenters. The molecule has 0 spiro atoms. The third-order valence-electron chi connectivity index (χ3n) is 11.7. The number of hydrogen-bond acceptors (Lipinski definition) is 10. The number of fused-ring (bicyclic) bond motifs is 1. The Balaban J connectivity index is 1.26. The summed E-state index contributed by atoms with van der Waals surface area (Å²) in [6.45, 7) is 11.6. The minimum Gasteiger partial charge on any atom is -0.497 e. The zero-order valence-electron chi connectivity index (χ0n) is 36.4. The summed E-state index contributed by atoms with van der Waals surface area (Å²) >= 11 is 0. The van der Waals surface area contributed by atoms with Crippen LogP contribution < -0.4 is 15.0 Å². The van der Waals surface area contributed by atoms with Gasteiger partial charge in [0.25, 0.3) is 5.56 Å². The third kappa shape index (κ3) is 9.04. The molecular weight excluding hydrogens is 789 g/mol. The highest BCUT2D eigenvalue weighted by Crippen LogP contribution is 2.44. The molecule has 7 rings (SSSR count). The molecule has 13 nitrogen and oxygen atoms in total. The highest BCUT2D eigenvalue weighted by atomic mass is 28.4. The predicted molar refractivity (Wildman–Crippen MR) is 240 cm³/mol. The minimum absolute atomic E-state index is 0.00188. The van der Waals surface area contributed by atoms with Gasteiger partial charge in [-0.2, -0.15) is 4.98 Å². The zero-order valence-corrected chi connectivity index (χ0v) is 37.4. The number of H-pyrrole nitrogens is 1. The van der Waals surface area contributed by atoms with Gasteiger partial charge in [-0.3, -0.25) is 14.3 Å². The summed E-state index contributed by atoms with van der Waals surface area (Å²) in [7, 11) is 4.95. The van der Waals surface area contributed by atoms with Crippen LogP contribution in [-0.4, -0.2) is 91.3 Å². The van der Waals surface area contributed by atoms with E-state index < -0.39 is 37.9 Å². The van der Waals surface area contributed by atoms with Crippen LogP contribution in [0, 0.1) is 0 Å². The Bertz CT molecular complexity index is 2450. The third-order valence-corrected chi connectivity index (χ3v) is 16.2. The van der Waals surface area contributed by atoms with Crippen molar-refractivity contribution in [2.24, 2.45) is 4.99 Å². The van der Waals surface area contributed by atoms with Crippen molar-refractivity contribution in [1.29, 1.82) is 0 Å². The molecule has 1 saturated heterocycles. The highest BCUT2D eigenvalue weighted by Gasteiger charge is 2.43. The van der Waals surface area contributed by atoms with Gasteiger partial charge in [-0.15, -0.1) is 0 Å². The molecule has 0 aliphatic carbocycles. The first kappa shape index (κ1) is 43.4. The van der Waals surface area contributed by atoms with Crippen molar-refractivity contribution in [1.82, 2.24) is 24.4 Å². The number of aliphatic hydroxyl groups is 1. The second kappa shape index (κ2) is 17.8. The van der Waals surface area contributed by atoms with E-state index in [9.17, 15) is 9.90 Å². The van der Waals surface area contributed by atoms with Crippen molar-refractivity contribution in [2.75, 3.05) is 34.9 Å². The fourth-order valence-corrected chi connectivity index (χ4v) is 8.18. The summed E-state index contributed by atoms with van der Waals surface area (Å²) < 4.78 is 33.2. The first-order valence-electron chi connectivity index (χ1n) is 20.4. The van der Waals surface area contributed by atoms with Crippen molar-refractivity contribution in [3.05, 3.63) is 136 Å². The first-order chi connectivity index (χ1) is 29.1. The number of methoxy groups -OCH3 is 2. The van der Waals surface area contributed by atoms with E-state index in [1.54, 1.807) is 30.0 Å². The Morgan fingerprint density at radius 3 is 2.03 bits per heavy atom. The molecule has 6 aromatic rings. The number of aromatic amines is 1. The molecule has 4 aromatic carbocycles. The number of nitrogens with one attached hydrogen (secondary N) is 1. The molecule has 61 heavy (non-hydrogen) atoms. The number of imidazole rings is 1. The van der Waals surface area contributed by atoms with Gasteiger partial charge in [0.05, 0.1) is 39.9 Å². The van der Waals surface area contributed by atoms with Gasteiger partial charge in [-0.1, -0.05) is 99.6 Å². The molecule has 0 unspecified atom stereocenters. The zero-order chi connectivity index (χ0) is 43.5. The molecule has 0 radical (unpaired) electrons. The van der Waals surface area contributed by atoms with Crippen LogP contribution in [-0.2, 0) is 26.1 Å². The van der Waals surface area contributed by atoms with Crippen LogP contribution >= 0.6 is 0 Å². The van der Waals surface area contributed by atoms with E-state index in [0.717, 1.165) is 27.8 Å². The fraction of sp³-hybridized carbons (Fsp3) is 0.362. The van der Waals surface area contributed by atoms with Crippen LogP contribution in [0.1, 0.15) is 55.7 Å². The molecule has 1 aliphatic heterocycles. The second-order valence-electron chi connectivity index (χ2n) is 17.1. The van der Waals surface area contributed by atoms with Crippen LogP contribution in [0.25, 0.3) is 22.6 Å². The van der Waals surface area contributed by atoms with E-state index >= 15 is 0 Å². The van der Waals surface area contributed by atoms with E-state index in [1.165, 1.54) is 0 Å². The van der Waals surface area contributed by atoms with Crippen molar-refractivity contribution >= 4 is 31.8 Å². The fourth-order valence-electron chi connectivity index (χ4n) is 7.21. The number of aliphatic imine (C=N–C) groups is 1. The van der Waals surface area contributed by atoms with Crippen LogP contribution in [0.3, 0.4) is 0 Å². The van der Waals surface area contributed by atoms with Crippen molar-refractivity contribution in [3.8, 4) is 22.9 Å². The quantitative estimate of drug-likeness (QED) is 0.0449. The summed E-state index contributed by atoms with van der Waals surface area (Å²) in [6.07, 6.45) is -0.752. The number of rotatable bonds is 15. The number of benzene rings is 4. The number of aromatic nitrogens is 4. The largest absolute Gasteiger partial charge is 0.497 e. The lowest BCUT2D eigenvalue weighted by atomic mass is 9.80. The molecule has 0 saturated carbocycles. The molecule has 2 N–H and O–H groups in total. The maximum Gasteiger partial charge on any atom is 0.280 e. The lowest BCUT2D eigenvalue weighted by molar-refractivity contribution is -0.0928. The lowest BCUT2D eigenvalue weighted by Crippen LogP contribution is -2.40. The molecule has 1 fully saturated rings. The first-order valence-corrected chi connectivity index (χ1v) is 23.3. The van der Waals surface area contributed by atoms with Crippen molar-refractivity contribution < 1.29 is 28.5 Å². The SMILES string of the molecule is COc1ccc(C(OC[C@H]2O[C@@H](n3c(-c4ccc(CO[Si](C)(C)C(C)(C)C)cc4)nc4c(=O)[nH]c(N=CN(C)C)nc43)C[C@@H]2O)(c2ccccc2)c2ccc(OC)cc2)cc1. The summed E-state index contributed by atoms with van der Waals surface area (Å²) in [5.41, 5.74) is 3.18. The molecule has 3 heterocycles. The molecule has 0 bridgehead atoms. The summed E-state index contributed by atoms with van der Waals surface area (Å²) in [5.74, 6) is 1.99. The number of aliphatic hydroxyl groups excluding tert-OH is 1. The number of ether oxygens (including phenoxy) is 4. The van der Waals surface area contributed by atoms with Crippen LogP contribution in [0.5, 0.6) is 11.5 Å². The smallest absolute Gasteiger partial charge is 0.280 e. The average Bonchev–Trinajstić information content (AvgIpc) is 3.83. The maximum atomic E-state index is 13.6. The Morgan fingerprint density at radius 2 is 1.48 bits per heavy atom. The van der Waals surface area contributed by atoms with Gasteiger partial charge in [-0.05, 0) is 64.7 Å². The standard InChI is InChI=1S/C47H56N6O7Si/c1-46(2,3)61(8,9)59-28-31-15-17-32(18-16-31)42-49-41-43(50-45(51-44(41)55)48-30-52(4)5)53(42)40-27-38(54)39(60-40)29-58-47(33-13-11-10-12-14-33,34-19-23-36(56-6)24-20-34)35-21-25-37(57-7)26-22-35/h10-26,30,38-40,54H,27-29H2,1-9H3,(H,50,51,55)/t38-,39+,40+/m0/s1. The van der Waals surface area contributed by atoms with Crippen molar-refractivity contribution in [3.63, 3.8) is 0 Å². The van der Waals surface area contributed by atoms with Crippen LogP contribution in [0.4, 0.5) is 5.95 Å². The average molecular weight is 845 g/mol. The molecule has 320 valence electrons.